The molecule has 0 aliphatic rings. The fraction of sp³-hybridized carbons (Fsp3) is 0.417. The van der Waals surface area contributed by atoms with Crippen LogP contribution < -0.4 is 5.32 Å². The molecule has 1 unspecified atom stereocenters. The van der Waals surface area contributed by atoms with E-state index in [1.54, 1.807) is 16.7 Å². The monoisotopic (exact) mass is 412 g/mol. The smallest absolute Gasteiger partial charge is 0.242 e. The van der Waals surface area contributed by atoms with Gasteiger partial charge >= 0.3 is 0 Å². The highest BCUT2D eigenvalue weighted by atomic mass is 32.2. The number of aryl methyl sites for hydroxylation is 1. The fourth-order valence-corrected chi connectivity index (χ4v) is 3.86. The Labute approximate surface area is 179 Å². The number of carbonyl (C=O) groups excluding carboxylic acids is 2. The second-order valence-corrected chi connectivity index (χ2v) is 8.25. The van der Waals surface area contributed by atoms with Crippen molar-refractivity contribution in [3.8, 4) is 0 Å². The normalized spacial score (nSPS) is 11.7. The average molecular weight is 413 g/mol. The highest BCUT2D eigenvalue weighted by Crippen LogP contribution is 2.15. The summed E-state index contributed by atoms with van der Waals surface area (Å²) >= 11 is 1.59. The lowest BCUT2D eigenvalue weighted by Gasteiger charge is -2.28. The zero-order chi connectivity index (χ0) is 21.1. The third-order valence-corrected chi connectivity index (χ3v) is 5.80. The number of carbonyl (C=O) groups is 2. The van der Waals surface area contributed by atoms with E-state index in [1.807, 2.05) is 32.0 Å². The van der Waals surface area contributed by atoms with Gasteiger partial charge in [0.2, 0.25) is 11.8 Å². The molecule has 156 valence electrons. The molecule has 2 aromatic carbocycles. The van der Waals surface area contributed by atoms with Crippen LogP contribution in [0.25, 0.3) is 0 Å². The molecule has 2 aromatic rings. The number of nitrogens with one attached hydrogen (secondary N) is 1. The Morgan fingerprint density at radius 3 is 2.38 bits per heavy atom. The van der Waals surface area contributed by atoms with E-state index in [-0.39, 0.29) is 11.8 Å². The molecule has 2 amide bonds. The van der Waals surface area contributed by atoms with Crippen molar-refractivity contribution in [2.75, 3.05) is 18.8 Å². The maximum atomic E-state index is 13.0. The molecule has 5 heteroatoms. The highest BCUT2D eigenvalue weighted by molar-refractivity contribution is 7.99. The molecule has 29 heavy (non-hydrogen) atoms. The highest BCUT2D eigenvalue weighted by Gasteiger charge is 2.25. The van der Waals surface area contributed by atoms with Crippen molar-refractivity contribution in [3.63, 3.8) is 0 Å². The number of hydrogen-bond acceptors (Lipinski definition) is 3. The Bertz CT molecular complexity index is 762. The summed E-state index contributed by atoms with van der Waals surface area (Å²) < 4.78 is 0. The van der Waals surface area contributed by atoms with Crippen LogP contribution in [0.1, 0.15) is 37.0 Å². The van der Waals surface area contributed by atoms with Crippen molar-refractivity contribution in [1.82, 2.24) is 10.2 Å². The van der Waals surface area contributed by atoms with Gasteiger partial charge in [0.1, 0.15) is 6.04 Å². The van der Waals surface area contributed by atoms with Crippen molar-refractivity contribution in [1.29, 1.82) is 0 Å². The van der Waals surface area contributed by atoms with E-state index < -0.39 is 6.04 Å². The van der Waals surface area contributed by atoms with Crippen molar-refractivity contribution in [2.24, 2.45) is 0 Å². The van der Waals surface area contributed by atoms with E-state index in [0.717, 1.165) is 18.6 Å². The van der Waals surface area contributed by atoms with Gasteiger partial charge in [0.25, 0.3) is 0 Å². The number of hydrogen-bond donors (Lipinski definition) is 1. The molecule has 4 nitrogen and oxygen atoms in total. The van der Waals surface area contributed by atoms with Crippen molar-refractivity contribution < 1.29 is 9.59 Å². The number of thioether (sulfide) groups is 1. The molecule has 0 saturated carbocycles. The Hall–Kier alpha value is -2.27. The SMILES string of the molecule is CCCNC(=O)C(C)N(CCc1ccccc1)C(=O)CSCc1ccc(C)cc1. The number of rotatable bonds is 11. The first-order valence-electron chi connectivity index (χ1n) is 10.3. The van der Waals surface area contributed by atoms with Gasteiger partial charge in [0.15, 0.2) is 0 Å². The van der Waals surface area contributed by atoms with Crippen molar-refractivity contribution >= 4 is 23.6 Å². The lowest BCUT2D eigenvalue weighted by atomic mass is 10.1. The minimum Gasteiger partial charge on any atom is -0.354 e. The standard InChI is InChI=1S/C24H32N2O2S/c1-4-15-25-24(28)20(3)26(16-14-21-8-6-5-7-9-21)23(27)18-29-17-22-12-10-19(2)11-13-22/h5-13,20H,4,14-18H2,1-3H3,(H,25,28). The fourth-order valence-electron chi connectivity index (χ4n) is 2.99. The summed E-state index contributed by atoms with van der Waals surface area (Å²) in [5, 5.41) is 2.91. The lowest BCUT2D eigenvalue weighted by Crippen LogP contribution is -2.49. The van der Waals surface area contributed by atoms with E-state index in [9.17, 15) is 9.59 Å². The van der Waals surface area contributed by atoms with Gasteiger partial charge in [-0.25, -0.2) is 0 Å². The van der Waals surface area contributed by atoms with Crippen LogP contribution in [0.15, 0.2) is 54.6 Å². The second-order valence-electron chi connectivity index (χ2n) is 7.27. The van der Waals surface area contributed by atoms with E-state index >= 15 is 0 Å². The molecule has 0 aliphatic heterocycles. The molecule has 0 saturated heterocycles. The first-order valence-corrected chi connectivity index (χ1v) is 11.4. The minimum absolute atomic E-state index is 0.0113. The molecule has 0 aromatic heterocycles. The predicted molar refractivity (Wildman–Crippen MR) is 122 cm³/mol. The van der Waals surface area contributed by atoms with Gasteiger partial charge < -0.3 is 10.2 Å². The maximum absolute atomic E-state index is 13.0. The predicted octanol–water partition coefficient (Wildman–Crippen LogP) is 4.21. The maximum Gasteiger partial charge on any atom is 0.242 e. The second kappa shape index (κ2) is 12.3. The molecule has 1 N–H and O–H groups in total. The summed E-state index contributed by atoms with van der Waals surface area (Å²) in [6.07, 6.45) is 1.61. The molecule has 0 fully saturated rings. The molecule has 0 aliphatic carbocycles. The summed E-state index contributed by atoms with van der Waals surface area (Å²) in [5.74, 6) is 1.08. The van der Waals surface area contributed by atoms with Crippen LogP contribution in [0, 0.1) is 6.92 Å². The van der Waals surface area contributed by atoms with Gasteiger partial charge in [-0.15, -0.1) is 11.8 Å². The Morgan fingerprint density at radius 1 is 1.03 bits per heavy atom. The summed E-state index contributed by atoms with van der Waals surface area (Å²) in [5.41, 5.74) is 3.60. The van der Waals surface area contributed by atoms with Crippen LogP contribution in [-0.4, -0.2) is 41.6 Å². The largest absolute Gasteiger partial charge is 0.354 e. The van der Waals surface area contributed by atoms with Crippen LogP contribution in [0.2, 0.25) is 0 Å². The summed E-state index contributed by atoms with van der Waals surface area (Å²) in [6, 6.07) is 18.0. The Kier molecular flexibility index (Phi) is 9.78. The lowest BCUT2D eigenvalue weighted by molar-refractivity contribution is -0.137. The van der Waals surface area contributed by atoms with Gasteiger partial charge in [-0.3, -0.25) is 9.59 Å². The van der Waals surface area contributed by atoms with Crippen LogP contribution in [-0.2, 0) is 21.8 Å². The molecule has 2 rings (SSSR count). The number of nitrogens with zero attached hydrogens (tertiary/aromatic N) is 1. The van der Waals surface area contributed by atoms with E-state index in [2.05, 4.69) is 48.6 Å². The Balaban J connectivity index is 1.96. The molecule has 0 heterocycles. The number of amides is 2. The van der Waals surface area contributed by atoms with Crippen LogP contribution in [0.4, 0.5) is 0 Å². The van der Waals surface area contributed by atoms with Crippen molar-refractivity contribution in [3.05, 3.63) is 71.3 Å². The summed E-state index contributed by atoms with van der Waals surface area (Å²) in [7, 11) is 0. The van der Waals surface area contributed by atoms with Gasteiger partial charge in [0.05, 0.1) is 5.75 Å². The van der Waals surface area contributed by atoms with Gasteiger partial charge in [-0.1, -0.05) is 67.1 Å². The quantitative estimate of drug-likeness (QED) is 0.601. The molecular weight excluding hydrogens is 380 g/mol. The molecule has 0 radical (unpaired) electrons. The van der Waals surface area contributed by atoms with Gasteiger partial charge in [-0.05, 0) is 37.8 Å². The van der Waals surface area contributed by atoms with Gasteiger partial charge in [0, 0.05) is 18.8 Å². The first-order chi connectivity index (χ1) is 14.0. The zero-order valence-corrected chi connectivity index (χ0v) is 18.5. The van der Waals surface area contributed by atoms with E-state index in [4.69, 9.17) is 0 Å². The Morgan fingerprint density at radius 2 is 1.72 bits per heavy atom. The van der Waals surface area contributed by atoms with E-state index in [0.29, 0.717) is 18.8 Å². The third-order valence-electron chi connectivity index (χ3n) is 4.82. The zero-order valence-electron chi connectivity index (χ0n) is 17.7. The van der Waals surface area contributed by atoms with E-state index in [1.165, 1.54) is 16.7 Å². The summed E-state index contributed by atoms with van der Waals surface area (Å²) in [4.78, 5) is 27.2. The molecular formula is C24H32N2O2S. The average Bonchev–Trinajstić information content (AvgIpc) is 2.74. The summed E-state index contributed by atoms with van der Waals surface area (Å²) in [6.45, 7) is 7.07. The third kappa shape index (κ3) is 7.94. The first kappa shape index (κ1) is 23.0. The van der Waals surface area contributed by atoms with Gasteiger partial charge in [-0.2, -0.15) is 0 Å². The van der Waals surface area contributed by atoms with Crippen LogP contribution in [0.3, 0.4) is 0 Å². The van der Waals surface area contributed by atoms with Crippen LogP contribution >= 0.6 is 11.8 Å². The number of benzene rings is 2. The molecule has 0 bridgehead atoms. The molecule has 1 atom stereocenters. The molecule has 0 spiro atoms. The van der Waals surface area contributed by atoms with Crippen molar-refractivity contribution in [2.45, 2.75) is 45.4 Å². The van der Waals surface area contributed by atoms with Crippen LogP contribution in [0.5, 0.6) is 0 Å². The topological polar surface area (TPSA) is 49.4 Å². The minimum atomic E-state index is -0.474.